The van der Waals surface area contributed by atoms with Crippen molar-refractivity contribution >= 4 is 11.6 Å². The Balaban J connectivity index is 1.82. The lowest BCUT2D eigenvalue weighted by atomic mass is 10.2. The van der Waals surface area contributed by atoms with E-state index in [1.54, 1.807) is 0 Å². The number of aromatic nitrogens is 2. The van der Waals surface area contributed by atoms with Crippen LogP contribution in [0.3, 0.4) is 0 Å². The summed E-state index contributed by atoms with van der Waals surface area (Å²) in [5.41, 5.74) is 2.88. The molecule has 0 atom stereocenters. The summed E-state index contributed by atoms with van der Waals surface area (Å²) in [6.45, 7) is 2.41. The topological polar surface area (TPSA) is 35.0 Å². The fourth-order valence-corrected chi connectivity index (χ4v) is 2.20. The minimum absolute atomic E-state index is 0.483. The van der Waals surface area contributed by atoms with Crippen LogP contribution in [0, 0.1) is 6.92 Å². The van der Waals surface area contributed by atoms with Crippen LogP contribution in [0.4, 0.5) is 0 Å². The molecule has 0 bridgehead atoms. The Morgan fingerprint density at radius 2 is 1.68 bits per heavy atom. The van der Waals surface area contributed by atoms with Gasteiger partial charge in [-0.15, -0.1) is 0 Å². The maximum Gasteiger partial charge on any atom is 0.217 e. The number of aryl methyl sites for hydroxylation is 1. The highest BCUT2D eigenvalue weighted by molar-refractivity contribution is 6.30. The minimum Gasteiger partial charge on any atom is -0.473 e. The number of halogens is 1. The molecule has 0 fully saturated rings. The largest absolute Gasteiger partial charge is 0.473 e. The van der Waals surface area contributed by atoms with Crippen molar-refractivity contribution in [1.29, 1.82) is 0 Å². The lowest BCUT2D eigenvalue weighted by Gasteiger charge is -2.08. The SMILES string of the molecule is Cc1cc(OCc2ccccc2)nc(-c2ccc(Cl)cc2)n1. The standard InChI is InChI=1S/C18H15ClN2O/c1-13-11-17(22-12-14-5-3-2-4-6-14)21-18(20-13)15-7-9-16(19)10-8-15/h2-11H,12H2,1H3. The maximum atomic E-state index is 5.91. The first kappa shape index (κ1) is 14.5. The Bertz CT molecular complexity index is 758. The molecule has 3 rings (SSSR count). The molecule has 0 radical (unpaired) electrons. The number of benzene rings is 2. The maximum absolute atomic E-state index is 5.91. The van der Waals surface area contributed by atoms with Gasteiger partial charge < -0.3 is 4.74 Å². The fraction of sp³-hybridized carbons (Fsp3) is 0.111. The number of rotatable bonds is 4. The predicted molar refractivity (Wildman–Crippen MR) is 88.0 cm³/mol. The monoisotopic (exact) mass is 310 g/mol. The van der Waals surface area contributed by atoms with Gasteiger partial charge in [-0.05, 0) is 36.8 Å². The molecular formula is C18H15ClN2O. The van der Waals surface area contributed by atoms with E-state index in [1.165, 1.54) is 0 Å². The quantitative estimate of drug-likeness (QED) is 0.701. The van der Waals surface area contributed by atoms with Crippen molar-refractivity contribution < 1.29 is 4.74 Å². The van der Waals surface area contributed by atoms with Gasteiger partial charge in [0.15, 0.2) is 5.82 Å². The third-order valence-electron chi connectivity index (χ3n) is 3.16. The second-order valence-corrected chi connectivity index (χ2v) is 5.39. The molecule has 0 unspecified atom stereocenters. The van der Waals surface area contributed by atoms with Crippen LogP contribution in [-0.2, 0) is 6.61 Å². The van der Waals surface area contributed by atoms with Crippen LogP contribution in [0.5, 0.6) is 5.88 Å². The van der Waals surface area contributed by atoms with Crippen LogP contribution in [0.15, 0.2) is 60.7 Å². The second kappa shape index (κ2) is 6.58. The summed E-state index contributed by atoms with van der Waals surface area (Å²) in [6.07, 6.45) is 0. The Morgan fingerprint density at radius 3 is 2.41 bits per heavy atom. The van der Waals surface area contributed by atoms with Gasteiger partial charge in [0.25, 0.3) is 0 Å². The molecule has 110 valence electrons. The van der Waals surface area contributed by atoms with E-state index in [9.17, 15) is 0 Å². The first-order valence-electron chi connectivity index (χ1n) is 6.99. The van der Waals surface area contributed by atoms with Gasteiger partial charge >= 0.3 is 0 Å². The Hall–Kier alpha value is -2.39. The van der Waals surface area contributed by atoms with Crippen LogP contribution >= 0.6 is 11.6 Å². The average molecular weight is 311 g/mol. The number of hydrogen-bond donors (Lipinski definition) is 0. The van der Waals surface area contributed by atoms with Crippen molar-refractivity contribution in [2.75, 3.05) is 0 Å². The normalized spacial score (nSPS) is 10.5. The molecule has 1 aromatic heterocycles. The number of ether oxygens (including phenoxy) is 1. The summed E-state index contributed by atoms with van der Waals surface area (Å²) in [4.78, 5) is 8.93. The van der Waals surface area contributed by atoms with E-state index < -0.39 is 0 Å². The van der Waals surface area contributed by atoms with Gasteiger partial charge in [-0.25, -0.2) is 4.98 Å². The number of nitrogens with zero attached hydrogens (tertiary/aromatic N) is 2. The highest BCUT2D eigenvalue weighted by atomic mass is 35.5. The molecule has 0 aliphatic carbocycles. The first-order chi connectivity index (χ1) is 10.7. The zero-order valence-electron chi connectivity index (χ0n) is 12.2. The zero-order chi connectivity index (χ0) is 15.4. The molecule has 2 aromatic carbocycles. The number of hydrogen-bond acceptors (Lipinski definition) is 3. The molecule has 0 saturated carbocycles. The molecule has 3 aromatic rings. The zero-order valence-corrected chi connectivity index (χ0v) is 12.9. The molecule has 0 spiro atoms. The highest BCUT2D eigenvalue weighted by Crippen LogP contribution is 2.21. The van der Waals surface area contributed by atoms with E-state index in [0.29, 0.717) is 23.3 Å². The first-order valence-corrected chi connectivity index (χ1v) is 7.37. The average Bonchev–Trinajstić information content (AvgIpc) is 2.54. The van der Waals surface area contributed by atoms with Gasteiger partial charge in [-0.1, -0.05) is 41.9 Å². The lowest BCUT2D eigenvalue weighted by Crippen LogP contribution is -2.00. The lowest BCUT2D eigenvalue weighted by molar-refractivity contribution is 0.293. The van der Waals surface area contributed by atoms with Crippen LogP contribution in [0.2, 0.25) is 5.02 Å². The van der Waals surface area contributed by atoms with Crippen LogP contribution in [0.25, 0.3) is 11.4 Å². The van der Waals surface area contributed by atoms with Crippen molar-refractivity contribution in [3.8, 4) is 17.3 Å². The van der Waals surface area contributed by atoms with E-state index in [1.807, 2.05) is 67.6 Å². The smallest absolute Gasteiger partial charge is 0.217 e. The summed E-state index contributed by atoms with van der Waals surface area (Å²) in [5, 5.41) is 0.692. The van der Waals surface area contributed by atoms with Gasteiger partial charge in [-0.2, -0.15) is 4.98 Å². The third-order valence-corrected chi connectivity index (χ3v) is 3.41. The van der Waals surface area contributed by atoms with Crippen LogP contribution < -0.4 is 4.74 Å². The highest BCUT2D eigenvalue weighted by Gasteiger charge is 2.06. The van der Waals surface area contributed by atoms with Gasteiger partial charge in [0.05, 0.1) is 0 Å². The summed E-state index contributed by atoms with van der Waals surface area (Å²) >= 11 is 5.91. The van der Waals surface area contributed by atoms with Crippen molar-refractivity contribution in [2.24, 2.45) is 0 Å². The Labute approximate surface area is 134 Å². The molecule has 4 heteroatoms. The Kier molecular flexibility index (Phi) is 4.35. The molecule has 0 amide bonds. The molecular weight excluding hydrogens is 296 g/mol. The molecule has 0 saturated heterocycles. The summed E-state index contributed by atoms with van der Waals surface area (Å²) < 4.78 is 5.78. The van der Waals surface area contributed by atoms with Gasteiger partial charge in [0, 0.05) is 22.3 Å². The Morgan fingerprint density at radius 1 is 0.955 bits per heavy atom. The molecule has 1 heterocycles. The minimum atomic E-state index is 0.483. The van der Waals surface area contributed by atoms with Crippen molar-refractivity contribution in [3.05, 3.63) is 76.9 Å². The molecule has 3 nitrogen and oxygen atoms in total. The van der Waals surface area contributed by atoms with E-state index >= 15 is 0 Å². The molecule has 22 heavy (non-hydrogen) atoms. The third kappa shape index (κ3) is 3.62. The molecule has 0 N–H and O–H groups in total. The fourth-order valence-electron chi connectivity index (χ4n) is 2.07. The summed E-state index contributed by atoms with van der Waals surface area (Å²) in [7, 11) is 0. The summed E-state index contributed by atoms with van der Waals surface area (Å²) in [5.74, 6) is 1.21. The summed E-state index contributed by atoms with van der Waals surface area (Å²) in [6, 6.07) is 19.3. The van der Waals surface area contributed by atoms with Crippen LogP contribution in [0.1, 0.15) is 11.3 Å². The molecule has 0 aliphatic rings. The van der Waals surface area contributed by atoms with E-state index in [4.69, 9.17) is 16.3 Å². The van der Waals surface area contributed by atoms with Crippen LogP contribution in [-0.4, -0.2) is 9.97 Å². The van der Waals surface area contributed by atoms with Gasteiger partial charge in [0.2, 0.25) is 5.88 Å². The van der Waals surface area contributed by atoms with Crippen molar-refractivity contribution in [3.63, 3.8) is 0 Å². The van der Waals surface area contributed by atoms with E-state index in [-0.39, 0.29) is 0 Å². The van der Waals surface area contributed by atoms with Gasteiger partial charge in [-0.3, -0.25) is 0 Å². The van der Waals surface area contributed by atoms with Crippen molar-refractivity contribution in [1.82, 2.24) is 9.97 Å². The molecule has 0 aliphatic heterocycles. The van der Waals surface area contributed by atoms with Crippen molar-refractivity contribution in [2.45, 2.75) is 13.5 Å². The second-order valence-electron chi connectivity index (χ2n) is 4.95. The van der Waals surface area contributed by atoms with E-state index in [2.05, 4.69) is 9.97 Å². The predicted octanol–water partition coefficient (Wildman–Crippen LogP) is 4.68. The van der Waals surface area contributed by atoms with Gasteiger partial charge in [0.1, 0.15) is 6.61 Å². The van der Waals surface area contributed by atoms with E-state index in [0.717, 1.165) is 16.8 Å².